The maximum absolute atomic E-state index is 13.1. The van der Waals surface area contributed by atoms with Crippen molar-refractivity contribution in [3.8, 4) is 11.4 Å². The lowest BCUT2D eigenvalue weighted by Gasteiger charge is -2.24. The van der Waals surface area contributed by atoms with Crippen molar-refractivity contribution in [2.24, 2.45) is 0 Å². The first-order valence-corrected chi connectivity index (χ1v) is 11.1. The number of anilines is 1. The first-order valence-electron chi connectivity index (χ1n) is 9.38. The van der Waals surface area contributed by atoms with Gasteiger partial charge in [0, 0.05) is 28.8 Å². The highest BCUT2D eigenvalue weighted by Crippen LogP contribution is 2.29. The van der Waals surface area contributed by atoms with Crippen LogP contribution in [0.25, 0.3) is 11.4 Å². The van der Waals surface area contributed by atoms with E-state index in [1.54, 1.807) is 4.90 Å². The minimum Gasteiger partial charge on any atom is -0.312 e. The van der Waals surface area contributed by atoms with Gasteiger partial charge >= 0.3 is 0 Å². The Hall–Kier alpha value is -2.38. The first-order chi connectivity index (χ1) is 14.0. The first kappa shape index (κ1) is 21.3. The van der Waals surface area contributed by atoms with Gasteiger partial charge in [-0.2, -0.15) is 0 Å². The van der Waals surface area contributed by atoms with Gasteiger partial charge in [0.15, 0.2) is 11.0 Å². The molecule has 0 aliphatic rings. The predicted octanol–water partition coefficient (Wildman–Crippen LogP) is 5.43. The number of carbonyl (C=O) groups is 1. The number of nitrogens with zero attached hydrogens (tertiary/aromatic N) is 4. The molecular formula is C22H23BrN4OS. The van der Waals surface area contributed by atoms with Crippen molar-refractivity contribution < 1.29 is 4.79 Å². The molecule has 0 spiro atoms. The summed E-state index contributed by atoms with van der Waals surface area (Å²) in [7, 11) is 0. The van der Waals surface area contributed by atoms with E-state index in [0.29, 0.717) is 18.2 Å². The highest BCUT2D eigenvalue weighted by molar-refractivity contribution is 9.10. The van der Waals surface area contributed by atoms with E-state index in [0.717, 1.165) is 21.5 Å². The van der Waals surface area contributed by atoms with E-state index in [1.807, 2.05) is 79.1 Å². The minimum absolute atomic E-state index is 0.0436. The third-order valence-electron chi connectivity index (χ3n) is 4.41. The van der Waals surface area contributed by atoms with Crippen LogP contribution in [0.5, 0.6) is 0 Å². The van der Waals surface area contributed by atoms with Crippen LogP contribution >= 0.6 is 27.7 Å². The predicted molar refractivity (Wildman–Crippen MR) is 123 cm³/mol. The van der Waals surface area contributed by atoms with Crippen molar-refractivity contribution in [2.75, 3.05) is 11.4 Å². The van der Waals surface area contributed by atoms with Gasteiger partial charge in [-0.3, -0.25) is 9.36 Å². The van der Waals surface area contributed by atoms with Gasteiger partial charge in [0.25, 0.3) is 0 Å². The van der Waals surface area contributed by atoms with Crippen LogP contribution < -0.4 is 4.90 Å². The topological polar surface area (TPSA) is 51.0 Å². The molecule has 0 radical (unpaired) electrons. The average molecular weight is 471 g/mol. The zero-order chi connectivity index (χ0) is 20.8. The Morgan fingerprint density at radius 3 is 2.52 bits per heavy atom. The number of carbonyl (C=O) groups excluding carboxylic acids is 1. The quantitative estimate of drug-likeness (QED) is 0.325. The summed E-state index contributed by atoms with van der Waals surface area (Å²) in [5.74, 6) is 0.803. The second-order valence-electron chi connectivity index (χ2n) is 6.39. The highest BCUT2D eigenvalue weighted by Gasteiger charge is 2.24. The third-order valence-corrected chi connectivity index (χ3v) is 6.01. The minimum atomic E-state index is -0.305. The van der Waals surface area contributed by atoms with Gasteiger partial charge in [-0.15, -0.1) is 16.8 Å². The third kappa shape index (κ3) is 4.97. The molecule has 0 fully saturated rings. The molecule has 150 valence electrons. The number of thioether (sulfide) groups is 1. The molecule has 0 N–H and O–H groups in total. The molecule has 0 bridgehead atoms. The van der Waals surface area contributed by atoms with Gasteiger partial charge in [0.1, 0.15) is 0 Å². The van der Waals surface area contributed by atoms with Gasteiger partial charge in [-0.05, 0) is 38.1 Å². The van der Waals surface area contributed by atoms with E-state index in [-0.39, 0.29) is 11.2 Å². The van der Waals surface area contributed by atoms with Crippen LogP contribution in [-0.4, -0.2) is 32.5 Å². The Morgan fingerprint density at radius 2 is 1.90 bits per heavy atom. The molecule has 7 heteroatoms. The molecule has 1 unspecified atom stereocenters. The van der Waals surface area contributed by atoms with E-state index < -0.39 is 0 Å². The molecule has 1 aromatic heterocycles. The SMILES string of the molecule is C=CCn1c(SC(C)C(=O)N(CC)c2ccccc2)nnc1-c1ccc(Br)cc1. The number of amides is 1. The molecule has 0 saturated carbocycles. The number of para-hydroxylation sites is 1. The van der Waals surface area contributed by atoms with Crippen molar-refractivity contribution in [3.63, 3.8) is 0 Å². The maximum atomic E-state index is 13.1. The van der Waals surface area contributed by atoms with E-state index in [1.165, 1.54) is 11.8 Å². The molecular weight excluding hydrogens is 448 g/mol. The Kier molecular flexibility index (Phi) is 7.28. The molecule has 3 rings (SSSR count). The van der Waals surface area contributed by atoms with E-state index >= 15 is 0 Å². The molecule has 3 aromatic rings. The Balaban J connectivity index is 1.84. The molecule has 0 saturated heterocycles. The van der Waals surface area contributed by atoms with Crippen molar-refractivity contribution in [1.82, 2.24) is 14.8 Å². The summed E-state index contributed by atoms with van der Waals surface area (Å²) < 4.78 is 2.99. The summed E-state index contributed by atoms with van der Waals surface area (Å²) in [6.07, 6.45) is 1.81. The van der Waals surface area contributed by atoms with Crippen molar-refractivity contribution >= 4 is 39.3 Å². The fraction of sp³-hybridized carbons (Fsp3) is 0.227. The lowest BCUT2D eigenvalue weighted by Crippen LogP contribution is -2.36. The molecule has 0 aliphatic heterocycles. The zero-order valence-electron chi connectivity index (χ0n) is 16.5. The van der Waals surface area contributed by atoms with Gasteiger partial charge in [-0.25, -0.2) is 0 Å². The van der Waals surface area contributed by atoms with Crippen LogP contribution in [0.4, 0.5) is 5.69 Å². The fourth-order valence-corrected chi connectivity index (χ4v) is 4.17. The van der Waals surface area contributed by atoms with Gasteiger partial charge in [0.05, 0.1) is 5.25 Å². The summed E-state index contributed by atoms with van der Waals surface area (Å²) in [5.41, 5.74) is 1.86. The molecule has 5 nitrogen and oxygen atoms in total. The standard InChI is InChI=1S/C22H23BrN4OS/c1-4-15-27-20(17-11-13-18(23)14-12-17)24-25-22(27)29-16(3)21(28)26(5-2)19-9-7-6-8-10-19/h4,6-14,16H,1,5,15H2,2-3H3. The summed E-state index contributed by atoms with van der Waals surface area (Å²) in [6, 6.07) is 17.6. The molecule has 1 atom stereocenters. The van der Waals surface area contributed by atoms with Crippen molar-refractivity contribution in [3.05, 3.63) is 71.7 Å². The van der Waals surface area contributed by atoms with Crippen LogP contribution in [0.1, 0.15) is 13.8 Å². The lowest BCUT2D eigenvalue weighted by atomic mass is 10.2. The second kappa shape index (κ2) is 9.89. The van der Waals surface area contributed by atoms with E-state index in [2.05, 4.69) is 32.7 Å². The average Bonchev–Trinajstić information content (AvgIpc) is 3.12. The number of halogens is 1. The van der Waals surface area contributed by atoms with E-state index in [9.17, 15) is 4.79 Å². The van der Waals surface area contributed by atoms with Crippen molar-refractivity contribution in [2.45, 2.75) is 30.8 Å². The largest absolute Gasteiger partial charge is 0.312 e. The number of allylic oxidation sites excluding steroid dienone is 1. The molecule has 29 heavy (non-hydrogen) atoms. The summed E-state index contributed by atoms with van der Waals surface area (Å²) >= 11 is 4.87. The number of benzene rings is 2. The molecule has 2 aromatic carbocycles. The van der Waals surface area contributed by atoms with Crippen LogP contribution in [0.2, 0.25) is 0 Å². The number of rotatable bonds is 8. The maximum Gasteiger partial charge on any atom is 0.240 e. The number of hydrogen-bond acceptors (Lipinski definition) is 4. The zero-order valence-corrected chi connectivity index (χ0v) is 18.9. The second-order valence-corrected chi connectivity index (χ2v) is 8.61. The normalized spacial score (nSPS) is 11.8. The molecule has 0 aliphatic carbocycles. The Bertz CT molecular complexity index is 972. The van der Waals surface area contributed by atoms with Crippen LogP contribution in [0.15, 0.2) is 76.9 Å². The van der Waals surface area contributed by atoms with Crippen LogP contribution in [-0.2, 0) is 11.3 Å². The smallest absolute Gasteiger partial charge is 0.240 e. The molecule has 1 heterocycles. The Labute approximate surface area is 184 Å². The summed E-state index contributed by atoms with van der Waals surface area (Å²) in [5, 5.41) is 9.13. The van der Waals surface area contributed by atoms with Gasteiger partial charge < -0.3 is 4.90 Å². The Morgan fingerprint density at radius 1 is 1.21 bits per heavy atom. The lowest BCUT2D eigenvalue weighted by molar-refractivity contribution is -0.117. The van der Waals surface area contributed by atoms with Gasteiger partial charge in [-0.1, -0.05) is 64.1 Å². The fourth-order valence-electron chi connectivity index (χ4n) is 2.98. The monoisotopic (exact) mass is 470 g/mol. The molecule has 1 amide bonds. The summed E-state index contributed by atoms with van der Waals surface area (Å²) in [6.45, 7) is 8.92. The van der Waals surface area contributed by atoms with Crippen LogP contribution in [0, 0.1) is 0 Å². The van der Waals surface area contributed by atoms with E-state index in [4.69, 9.17) is 0 Å². The highest BCUT2D eigenvalue weighted by atomic mass is 79.9. The summed E-state index contributed by atoms with van der Waals surface area (Å²) in [4.78, 5) is 14.9. The van der Waals surface area contributed by atoms with Crippen LogP contribution in [0.3, 0.4) is 0 Å². The van der Waals surface area contributed by atoms with Crippen molar-refractivity contribution in [1.29, 1.82) is 0 Å². The number of aromatic nitrogens is 3. The number of hydrogen-bond donors (Lipinski definition) is 0. The van der Waals surface area contributed by atoms with Gasteiger partial charge in [0.2, 0.25) is 5.91 Å².